The summed E-state index contributed by atoms with van der Waals surface area (Å²) in [6.07, 6.45) is 7.36. The molecule has 0 saturated heterocycles. The third-order valence-corrected chi connectivity index (χ3v) is 4.44. The van der Waals surface area contributed by atoms with Gasteiger partial charge in [0.05, 0.1) is 28.9 Å². The Kier molecular flexibility index (Phi) is 3.11. The number of aromatic nitrogens is 4. The molecule has 3 aromatic rings. The molecule has 1 saturated carbocycles. The number of carbonyl (C=O) groups is 1. The van der Waals surface area contributed by atoms with E-state index in [9.17, 15) is 9.90 Å². The summed E-state index contributed by atoms with van der Waals surface area (Å²) in [6, 6.07) is 5.50. The molecule has 1 aliphatic rings. The number of fused-ring (bicyclic) bond motifs is 1. The summed E-state index contributed by atoms with van der Waals surface area (Å²) in [7, 11) is 0. The van der Waals surface area contributed by atoms with Crippen molar-refractivity contribution in [2.24, 2.45) is 5.92 Å². The molecule has 6 heteroatoms. The second-order valence-electron chi connectivity index (χ2n) is 6.01. The molecule has 0 spiro atoms. The number of carboxylic acids is 1. The molecule has 6 nitrogen and oxygen atoms in total. The lowest BCUT2D eigenvalue weighted by Crippen LogP contribution is -2.10. The van der Waals surface area contributed by atoms with Crippen LogP contribution in [0.2, 0.25) is 0 Å². The largest absolute Gasteiger partial charge is 0.478 e. The molecule has 1 atom stereocenters. The smallest absolute Gasteiger partial charge is 0.336 e. The molecule has 1 fully saturated rings. The Morgan fingerprint density at radius 2 is 2.22 bits per heavy atom. The van der Waals surface area contributed by atoms with Crippen molar-refractivity contribution in [2.75, 3.05) is 0 Å². The van der Waals surface area contributed by atoms with Gasteiger partial charge >= 0.3 is 5.97 Å². The van der Waals surface area contributed by atoms with Gasteiger partial charge in [-0.1, -0.05) is 0 Å². The predicted octanol–water partition coefficient (Wildman–Crippen LogP) is 3.16. The molecule has 3 aromatic heterocycles. The van der Waals surface area contributed by atoms with Gasteiger partial charge in [-0.15, -0.1) is 0 Å². The predicted molar refractivity (Wildman–Crippen MR) is 85.2 cm³/mol. The topological polar surface area (TPSA) is 80.9 Å². The van der Waals surface area contributed by atoms with Crippen LogP contribution in [0.4, 0.5) is 0 Å². The van der Waals surface area contributed by atoms with Gasteiger partial charge in [0.15, 0.2) is 5.65 Å². The molecule has 1 N–H and O–H groups in total. The lowest BCUT2D eigenvalue weighted by Gasteiger charge is -2.12. The van der Waals surface area contributed by atoms with E-state index in [0.717, 1.165) is 5.56 Å². The minimum Gasteiger partial charge on any atom is -0.478 e. The van der Waals surface area contributed by atoms with Crippen LogP contribution in [0.5, 0.6) is 0 Å². The molecule has 0 amide bonds. The van der Waals surface area contributed by atoms with E-state index in [4.69, 9.17) is 0 Å². The SMILES string of the molecule is C[C@H](C1CC1)n1ncc2c(C(=O)O)cc(-c3cccnc3)nc21. The van der Waals surface area contributed by atoms with E-state index in [1.165, 1.54) is 12.8 Å². The first kappa shape index (κ1) is 13.9. The molecule has 3 heterocycles. The highest BCUT2D eigenvalue weighted by molar-refractivity contribution is 6.02. The van der Waals surface area contributed by atoms with Crippen LogP contribution in [0.25, 0.3) is 22.3 Å². The van der Waals surface area contributed by atoms with Crippen LogP contribution in [0.3, 0.4) is 0 Å². The summed E-state index contributed by atoms with van der Waals surface area (Å²) in [5.41, 5.74) is 2.25. The Bertz CT molecular complexity index is 884. The highest BCUT2D eigenvalue weighted by atomic mass is 16.4. The van der Waals surface area contributed by atoms with Gasteiger partial charge in [-0.2, -0.15) is 5.10 Å². The molecule has 0 aromatic carbocycles. The van der Waals surface area contributed by atoms with Crippen LogP contribution in [-0.4, -0.2) is 30.8 Å². The average Bonchev–Trinajstić information content (AvgIpc) is 3.33. The number of rotatable bonds is 4. The van der Waals surface area contributed by atoms with E-state index in [1.54, 1.807) is 24.7 Å². The summed E-state index contributed by atoms with van der Waals surface area (Å²) < 4.78 is 1.86. The van der Waals surface area contributed by atoms with Gasteiger partial charge in [0.2, 0.25) is 0 Å². The van der Waals surface area contributed by atoms with Gasteiger partial charge in [0, 0.05) is 18.0 Å². The summed E-state index contributed by atoms with van der Waals surface area (Å²) in [6.45, 7) is 2.11. The monoisotopic (exact) mass is 308 g/mol. The van der Waals surface area contributed by atoms with Crippen molar-refractivity contribution in [3.63, 3.8) is 0 Å². The summed E-state index contributed by atoms with van der Waals surface area (Å²) in [5.74, 6) is -0.364. The minimum absolute atomic E-state index is 0.225. The van der Waals surface area contributed by atoms with Crippen molar-refractivity contribution in [3.05, 3.63) is 42.4 Å². The fraction of sp³-hybridized carbons (Fsp3) is 0.294. The first-order valence-electron chi connectivity index (χ1n) is 7.67. The van der Waals surface area contributed by atoms with Gasteiger partial charge in [0.1, 0.15) is 0 Å². The molecular weight excluding hydrogens is 292 g/mol. The minimum atomic E-state index is -0.971. The number of hydrogen-bond acceptors (Lipinski definition) is 4. The Morgan fingerprint density at radius 1 is 1.39 bits per heavy atom. The Labute approximate surface area is 132 Å². The third-order valence-electron chi connectivity index (χ3n) is 4.44. The van der Waals surface area contributed by atoms with Crippen LogP contribution in [-0.2, 0) is 0 Å². The number of nitrogens with zero attached hydrogens (tertiary/aromatic N) is 4. The maximum absolute atomic E-state index is 11.6. The fourth-order valence-electron chi connectivity index (χ4n) is 2.93. The van der Waals surface area contributed by atoms with Gasteiger partial charge in [-0.3, -0.25) is 4.98 Å². The highest BCUT2D eigenvalue weighted by Crippen LogP contribution is 2.40. The molecule has 0 aliphatic heterocycles. The number of hydrogen-bond donors (Lipinski definition) is 1. The fourth-order valence-corrected chi connectivity index (χ4v) is 2.93. The zero-order valence-electron chi connectivity index (χ0n) is 12.7. The molecule has 23 heavy (non-hydrogen) atoms. The summed E-state index contributed by atoms with van der Waals surface area (Å²) in [5, 5.41) is 14.5. The van der Waals surface area contributed by atoms with Crippen molar-refractivity contribution in [1.29, 1.82) is 0 Å². The van der Waals surface area contributed by atoms with Gasteiger partial charge in [-0.25, -0.2) is 14.5 Å². The first-order valence-corrected chi connectivity index (χ1v) is 7.67. The zero-order valence-corrected chi connectivity index (χ0v) is 12.7. The second kappa shape index (κ2) is 5.15. The van der Waals surface area contributed by atoms with E-state index in [2.05, 4.69) is 22.0 Å². The third kappa shape index (κ3) is 2.36. The quantitative estimate of drug-likeness (QED) is 0.800. The lowest BCUT2D eigenvalue weighted by molar-refractivity contribution is 0.0699. The molecule has 0 unspecified atom stereocenters. The number of aromatic carboxylic acids is 1. The molecule has 116 valence electrons. The first-order chi connectivity index (χ1) is 11.1. The van der Waals surface area contributed by atoms with Crippen LogP contribution in [0.1, 0.15) is 36.2 Å². The van der Waals surface area contributed by atoms with Crippen molar-refractivity contribution < 1.29 is 9.90 Å². The standard InChI is InChI=1S/C17H16N4O2/c1-10(11-4-5-11)21-16-14(9-19-21)13(17(22)23)7-15(20-16)12-3-2-6-18-8-12/h2-3,6-11H,4-5H2,1H3,(H,22,23)/t10-/m1/s1. The molecule has 1 aliphatic carbocycles. The number of pyridine rings is 2. The van der Waals surface area contributed by atoms with Crippen molar-refractivity contribution in [3.8, 4) is 11.3 Å². The molecule has 0 radical (unpaired) electrons. The Balaban J connectivity index is 1.94. The van der Waals surface area contributed by atoms with E-state index >= 15 is 0 Å². The zero-order chi connectivity index (χ0) is 16.0. The van der Waals surface area contributed by atoms with Gasteiger partial charge < -0.3 is 5.11 Å². The van der Waals surface area contributed by atoms with Gasteiger partial charge in [0.25, 0.3) is 0 Å². The van der Waals surface area contributed by atoms with Crippen molar-refractivity contribution in [1.82, 2.24) is 19.7 Å². The van der Waals surface area contributed by atoms with E-state index < -0.39 is 5.97 Å². The van der Waals surface area contributed by atoms with Gasteiger partial charge in [-0.05, 0) is 43.9 Å². The molecular formula is C17H16N4O2. The Hall–Kier alpha value is -2.76. The normalized spacial score (nSPS) is 15.7. The maximum atomic E-state index is 11.6. The van der Waals surface area contributed by atoms with E-state index in [-0.39, 0.29) is 11.6 Å². The second-order valence-corrected chi connectivity index (χ2v) is 6.01. The van der Waals surface area contributed by atoms with Crippen LogP contribution >= 0.6 is 0 Å². The van der Waals surface area contributed by atoms with Crippen LogP contribution < -0.4 is 0 Å². The van der Waals surface area contributed by atoms with Crippen LogP contribution in [0, 0.1) is 5.92 Å². The maximum Gasteiger partial charge on any atom is 0.336 e. The van der Waals surface area contributed by atoms with Crippen molar-refractivity contribution in [2.45, 2.75) is 25.8 Å². The highest BCUT2D eigenvalue weighted by Gasteiger charge is 2.31. The number of carboxylic acid groups (broad SMARTS) is 1. The summed E-state index contributed by atoms with van der Waals surface area (Å²) >= 11 is 0. The van der Waals surface area contributed by atoms with Crippen LogP contribution in [0.15, 0.2) is 36.8 Å². The Morgan fingerprint density at radius 3 is 2.87 bits per heavy atom. The average molecular weight is 308 g/mol. The molecule has 4 rings (SSSR count). The van der Waals surface area contributed by atoms with E-state index in [0.29, 0.717) is 22.6 Å². The lowest BCUT2D eigenvalue weighted by atomic mass is 10.1. The van der Waals surface area contributed by atoms with Crippen molar-refractivity contribution >= 4 is 17.0 Å². The van der Waals surface area contributed by atoms with E-state index in [1.807, 2.05) is 16.8 Å². The summed E-state index contributed by atoms with van der Waals surface area (Å²) in [4.78, 5) is 20.4. The molecule has 0 bridgehead atoms.